The van der Waals surface area contributed by atoms with Gasteiger partial charge in [0, 0.05) is 52.5 Å². The molecule has 31 heavy (non-hydrogen) atoms. The molecule has 0 N–H and O–H groups in total. The second-order valence-electron chi connectivity index (χ2n) is 8.64. The van der Waals surface area contributed by atoms with Gasteiger partial charge in [0.1, 0.15) is 0 Å². The molecule has 166 valence electrons. The van der Waals surface area contributed by atoms with Gasteiger partial charge in [0.15, 0.2) is 5.65 Å². The maximum absolute atomic E-state index is 13.5. The number of piperidine rings is 1. The zero-order valence-corrected chi connectivity index (χ0v) is 18.9. The number of sulfonamides is 1. The number of carbonyl (C=O) groups is 1. The highest BCUT2D eigenvalue weighted by Gasteiger charge is 2.34. The lowest BCUT2D eigenvalue weighted by Gasteiger charge is -2.38. The molecule has 0 aromatic carbocycles. The van der Waals surface area contributed by atoms with E-state index in [0.29, 0.717) is 50.2 Å². The topological polar surface area (TPSA) is 115 Å². The molecule has 0 unspecified atom stereocenters. The number of hydrogen-bond acceptors (Lipinski definition) is 7. The number of amides is 1. The number of hydrogen-bond donors (Lipinski definition) is 0. The fourth-order valence-electron chi connectivity index (χ4n) is 4.31. The zero-order chi connectivity index (χ0) is 22.4. The lowest BCUT2D eigenvalue weighted by Crippen LogP contribution is -2.50. The molecule has 2 fully saturated rings. The van der Waals surface area contributed by atoms with E-state index in [1.54, 1.807) is 22.0 Å². The van der Waals surface area contributed by atoms with Crippen LogP contribution in [0, 0.1) is 16.7 Å². The first-order valence-electron chi connectivity index (χ1n) is 10.3. The molecule has 10 nitrogen and oxygen atoms in total. The summed E-state index contributed by atoms with van der Waals surface area (Å²) in [5.41, 5.74) is 1.63. The molecule has 2 aromatic heterocycles. The quantitative estimate of drug-likeness (QED) is 0.687. The zero-order valence-electron chi connectivity index (χ0n) is 18.1. The summed E-state index contributed by atoms with van der Waals surface area (Å²) < 4.78 is 26.7. The Hall–Kier alpha value is -2.71. The minimum atomic E-state index is -3.27. The Bertz CT molecular complexity index is 1150. The number of carbonyl (C=O) groups excluding carboxylic acids is 1. The molecule has 2 aliphatic heterocycles. The average Bonchev–Trinajstić information content (AvgIpc) is 3.14. The van der Waals surface area contributed by atoms with Crippen molar-refractivity contribution in [1.82, 2.24) is 24.0 Å². The number of nitriles is 1. The SMILES string of the molecule is Cn1ncc2c(N3CCC(C)(C#N)CC3)c(C(=O)N3CCN(S(C)(=O)=O)CC3)cnc21. The monoisotopic (exact) mass is 445 g/mol. The Labute approximate surface area is 182 Å². The third-order valence-electron chi connectivity index (χ3n) is 6.41. The third kappa shape index (κ3) is 3.97. The molecule has 1 amide bonds. The van der Waals surface area contributed by atoms with Crippen LogP contribution in [0.3, 0.4) is 0 Å². The van der Waals surface area contributed by atoms with Crippen LogP contribution in [0.5, 0.6) is 0 Å². The average molecular weight is 446 g/mol. The highest BCUT2D eigenvalue weighted by Crippen LogP contribution is 2.37. The van der Waals surface area contributed by atoms with Crippen molar-refractivity contribution in [2.75, 3.05) is 50.4 Å². The summed E-state index contributed by atoms with van der Waals surface area (Å²) in [6.07, 6.45) is 5.95. The van der Waals surface area contributed by atoms with Crippen molar-refractivity contribution in [3.05, 3.63) is 18.0 Å². The molecule has 2 aromatic rings. The summed E-state index contributed by atoms with van der Waals surface area (Å²) in [5, 5.41) is 14.6. The molecule has 4 heterocycles. The van der Waals surface area contributed by atoms with Gasteiger partial charge in [-0.2, -0.15) is 14.7 Å². The van der Waals surface area contributed by atoms with Crippen molar-refractivity contribution in [2.24, 2.45) is 12.5 Å². The standard InChI is InChI=1S/C20H27N7O3S/c1-20(14-21)4-6-25(7-5-20)17-15-13-23-24(2)18(15)22-12-16(17)19(28)26-8-10-27(11-9-26)31(3,29)30/h12-13H,4-11H2,1-3H3. The predicted molar refractivity (Wildman–Crippen MR) is 116 cm³/mol. The van der Waals surface area contributed by atoms with E-state index in [-0.39, 0.29) is 24.4 Å². The molecule has 0 radical (unpaired) electrons. The van der Waals surface area contributed by atoms with E-state index in [9.17, 15) is 18.5 Å². The number of rotatable bonds is 3. The Morgan fingerprint density at radius 1 is 1.13 bits per heavy atom. The largest absolute Gasteiger partial charge is 0.370 e. The molecule has 0 bridgehead atoms. The first kappa shape index (κ1) is 21.5. The number of aryl methyl sites for hydroxylation is 1. The van der Waals surface area contributed by atoms with Gasteiger partial charge in [-0.1, -0.05) is 0 Å². The number of nitrogens with zero attached hydrogens (tertiary/aromatic N) is 7. The van der Waals surface area contributed by atoms with Gasteiger partial charge in [-0.15, -0.1) is 0 Å². The minimum Gasteiger partial charge on any atom is -0.370 e. The summed E-state index contributed by atoms with van der Waals surface area (Å²) in [5.74, 6) is -0.157. The lowest BCUT2D eigenvalue weighted by molar-refractivity contribution is 0.0698. The molecule has 11 heteroatoms. The molecule has 2 saturated heterocycles. The van der Waals surface area contributed by atoms with Crippen molar-refractivity contribution in [3.8, 4) is 6.07 Å². The van der Waals surface area contributed by atoms with Crippen LogP contribution in [-0.2, 0) is 17.1 Å². The summed E-state index contributed by atoms with van der Waals surface area (Å²) in [4.78, 5) is 21.8. The molecular weight excluding hydrogens is 418 g/mol. The number of aromatic nitrogens is 3. The van der Waals surface area contributed by atoms with Crippen LogP contribution in [0.25, 0.3) is 11.0 Å². The minimum absolute atomic E-state index is 0.157. The Morgan fingerprint density at radius 2 is 1.77 bits per heavy atom. The van der Waals surface area contributed by atoms with Crippen LogP contribution < -0.4 is 4.90 Å². The third-order valence-corrected chi connectivity index (χ3v) is 7.72. The molecular formula is C20H27N7O3S. The van der Waals surface area contributed by atoms with Crippen molar-refractivity contribution in [3.63, 3.8) is 0 Å². The van der Waals surface area contributed by atoms with Crippen LogP contribution >= 0.6 is 0 Å². The predicted octanol–water partition coefficient (Wildman–Crippen LogP) is 0.816. The molecule has 2 aliphatic rings. The van der Waals surface area contributed by atoms with Gasteiger partial charge in [-0.25, -0.2) is 13.4 Å². The van der Waals surface area contributed by atoms with E-state index in [1.165, 1.54) is 10.6 Å². The van der Waals surface area contributed by atoms with E-state index >= 15 is 0 Å². The van der Waals surface area contributed by atoms with Gasteiger partial charge >= 0.3 is 0 Å². The molecule has 0 saturated carbocycles. The van der Waals surface area contributed by atoms with Crippen LogP contribution in [0.2, 0.25) is 0 Å². The number of piperazine rings is 1. The number of pyridine rings is 1. The molecule has 4 rings (SSSR count). The molecule has 0 atom stereocenters. The van der Waals surface area contributed by atoms with Gasteiger partial charge < -0.3 is 9.80 Å². The van der Waals surface area contributed by atoms with E-state index < -0.39 is 10.0 Å². The number of fused-ring (bicyclic) bond motifs is 1. The van der Waals surface area contributed by atoms with Crippen LogP contribution in [0.4, 0.5) is 5.69 Å². The number of anilines is 1. The van der Waals surface area contributed by atoms with Crippen molar-refractivity contribution < 1.29 is 13.2 Å². The van der Waals surface area contributed by atoms with Crippen molar-refractivity contribution in [1.29, 1.82) is 5.26 Å². The van der Waals surface area contributed by atoms with Gasteiger partial charge in [-0.3, -0.25) is 9.48 Å². The maximum Gasteiger partial charge on any atom is 0.257 e. The Balaban J connectivity index is 1.66. The summed E-state index contributed by atoms with van der Waals surface area (Å²) in [6.45, 7) is 4.55. The summed E-state index contributed by atoms with van der Waals surface area (Å²) in [7, 11) is -1.45. The van der Waals surface area contributed by atoms with E-state index in [1.807, 2.05) is 14.0 Å². The fourth-order valence-corrected chi connectivity index (χ4v) is 5.14. The second-order valence-corrected chi connectivity index (χ2v) is 10.6. The Morgan fingerprint density at radius 3 is 2.35 bits per heavy atom. The van der Waals surface area contributed by atoms with Crippen LogP contribution in [-0.4, -0.2) is 83.8 Å². The lowest BCUT2D eigenvalue weighted by atomic mass is 9.81. The van der Waals surface area contributed by atoms with E-state index in [0.717, 1.165) is 11.1 Å². The van der Waals surface area contributed by atoms with Crippen molar-refractivity contribution >= 4 is 32.7 Å². The second kappa shape index (κ2) is 7.76. The summed E-state index contributed by atoms with van der Waals surface area (Å²) in [6, 6.07) is 2.41. The van der Waals surface area contributed by atoms with Crippen molar-refractivity contribution in [2.45, 2.75) is 19.8 Å². The van der Waals surface area contributed by atoms with E-state index in [2.05, 4.69) is 21.1 Å². The van der Waals surface area contributed by atoms with Crippen LogP contribution in [0.1, 0.15) is 30.1 Å². The smallest absolute Gasteiger partial charge is 0.257 e. The first-order chi connectivity index (χ1) is 14.6. The van der Waals surface area contributed by atoms with Crippen LogP contribution in [0.15, 0.2) is 12.4 Å². The highest BCUT2D eigenvalue weighted by molar-refractivity contribution is 7.88. The van der Waals surface area contributed by atoms with Gasteiger partial charge in [0.05, 0.1) is 40.6 Å². The van der Waals surface area contributed by atoms with E-state index in [4.69, 9.17) is 0 Å². The van der Waals surface area contributed by atoms with Gasteiger partial charge in [-0.05, 0) is 19.8 Å². The Kier molecular flexibility index (Phi) is 5.39. The highest BCUT2D eigenvalue weighted by atomic mass is 32.2. The first-order valence-corrected chi connectivity index (χ1v) is 12.2. The summed E-state index contributed by atoms with van der Waals surface area (Å²) >= 11 is 0. The molecule has 0 aliphatic carbocycles. The molecule has 0 spiro atoms. The van der Waals surface area contributed by atoms with Gasteiger partial charge in [0.25, 0.3) is 5.91 Å². The van der Waals surface area contributed by atoms with Gasteiger partial charge in [0.2, 0.25) is 10.0 Å². The maximum atomic E-state index is 13.5. The normalized spacial score (nSPS) is 20.1. The fraction of sp³-hybridized carbons (Fsp3) is 0.600.